The second-order valence-corrected chi connectivity index (χ2v) is 4.68. The Labute approximate surface area is 107 Å². The quantitative estimate of drug-likeness (QED) is 0.901. The highest BCUT2D eigenvalue weighted by molar-refractivity contribution is 5.33. The van der Waals surface area contributed by atoms with Gasteiger partial charge in [-0.05, 0) is 33.8 Å². The molecular formula is C13H19N5. The van der Waals surface area contributed by atoms with Crippen molar-refractivity contribution in [2.75, 3.05) is 5.32 Å². The minimum Gasteiger partial charge on any atom is -0.348 e. The first kappa shape index (κ1) is 12.5. The topological polar surface area (TPSA) is 55.6 Å². The Hall–Kier alpha value is -1.91. The Bertz CT molecular complexity index is 538. The predicted octanol–water partition coefficient (Wildman–Crippen LogP) is 2.31. The van der Waals surface area contributed by atoms with Gasteiger partial charge in [0.15, 0.2) is 0 Å². The molecule has 2 aromatic rings. The van der Waals surface area contributed by atoms with Crippen molar-refractivity contribution in [3.05, 3.63) is 34.9 Å². The van der Waals surface area contributed by atoms with Gasteiger partial charge in [-0.2, -0.15) is 5.10 Å². The molecule has 1 unspecified atom stereocenters. The minimum atomic E-state index is 0.139. The van der Waals surface area contributed by atoms with Crippen LogP contribution in [0.25, 0.3) is 0 Å². The van der Waals surface area contributed by atoms with E-state index in [2.05, 4.69) is 27.3 Å². The third-order valence-corrected chi connectivity index (χ3v) is 2.85. The molecule has 5 nitrogen and oxygen atoms in total. The number of anilines is 1. The Kier molecular flexibility index (Phi) is 3.32. The van der Waals surface area contributed by atoms with E-state index in [4.69, 9.17) is 0 Å². The molecule has 0 saturated heterocycles. The lowest BCUT2D eigenvalue weighted by Crippen LogP contribution is -2.10. The molecule has 0 aliphatic heterocycles. The van der Waals surface area contributed by atoms with Crippen LogP contribution in [0, 0.1) is 20.8 Å². The summed E-state index contributed by atoms with van der Waals surface area (Å²) in [7, 11) is 1.93. The number of hydrogen-bond donors (Lipinski definition) is 1. The highest BCUT2D eigenvalue weighted by Crippen LogP contribution is 2.19. The number of nitrogens with zero attached hydrogens (tertiary/aromatic N) is 4. The van der Waals surface area contributed by atoms with E-state index in [0.29, 0.717) is 5.95 Å². The highest BCUT2D eigenvalue weighted by Gasteiger charge is 2.12. The Balaban J connectivity index is 2.20. The van der Waals surface area contributed by atoms with Crippen LogP contribution in [0.3, 0.4) is 0 Å². The van der Waals surface area contributed by atoms with Crippen LogP contribution in [0.5, 0.6) is 0 Å². The van der Waals surface area contributed by atoms with Gasteiger partial charge in [0.05, 0.1) is 11.7 Å². The zero-order valence-electron chi connectivity index (χ0n) is 11.5. The molecule has 1 N–H and O–H groups in total. The summed E-state index contributed by atoms with van der Waals surface area (Å²) in [6, 6.07) is 2.10. The first-order valence-electron chi connectivity index (χ1n) is 6.04. The van der Waals surface area contributed by atoms with Crippen molar-refractivity contribution in [3.8, 4) is 0 Å². The molecule has 18 heavy (non-hydrogen) atoms. The van der Waals surface area contributed by atoms with E-state index in [-0.39, 0.29) is 6.04 Å². The highest BCUT2D eigenvalue weighted by atomic mass is 15.3. The minimum absolute atomic E-state index is 0.139. The van der Waals surface area contributed by atoms with E-state index in [1.54, 1.807) is 0 Å². The number of rotatable bonds is 3. The maximum Gasteiger partial charge on any atom is 0.223 e. The summed E-state index contributed by atoms with van der Waals surface area (Å²) in [5.74, 6) is 0.670. The van der Waals surface area contributed by atoms with Gasteiger partial charge in [-0.3, -0.25) is 4.68 Å². The monoisotopic (exact) mass is 245 g/mol. The van der Waals surface area contributed by atoms with Gasteiger partial charge >= 0.3 is 0 Å². The molecule has 1 atom stereocenters. The van der Waals surface area contributed by atoms with E-state index in [0.717, 1.165) is 17.1 Å². The summed E-state index contributed by atoms with van der Waals surface area (Å²) in [4.78, 5) is 8.77. The fourth-order valence-electron chi connectivity index (χ4n) is 2.10. The van der Waals surface area contributed by atoms with E-state index >= 15 is 0 Å². The number of nitrogens with one attached hydrogen (secondary N) is 1. The van der Waals surface area contributed by atoms with Crippen LogP contribution in [0.2, 0.25) is 0 Å². The normalized spacial score (nSPS) is 12.5. The van der Waals surface area contributed by atoms with Crippen molar-refractivity contribution in [2.45, 2.75) is 33.7 Å². The zero-order valence-corrected chi connectivity index (χ0v) is 11.5. The molecule has 0 radical (unpaired) electrons. The lowest BCUT2D eigenvalue weighted by atomic mass is 10.1. The van der Waals surface area contributed by atoms with Crippen LogP contribution in [0.1, 0.15) is 35.6 Å². The third kappa shape index (κ3) is 2.67. The standard InChI is InChI=1S/C13H19N5/c1-8-6-9(2)15-13(14-8)16-10(3)12-7-18(5)17-11(12)4/h6-7,10H,1-5H3,(H,14,15,16). The van der Waals surface area contributed by atoms with Gasteiger partial charge in [0.25, 0.3) is 0 Å². The van der Waals surface area contributed by atoms with Gasteiger partial charge in [-0.25, -0.2) is 9.97 Å². The molecule has 2 rings (SSSR count). The smallest absolute Gasteiger partial charge is 0.223 e. The fraction of sp³-hybridized carbons (Fsp3) is 0.462. The van der Waals surface area contributed by atoms with Gasteiger partial charge in [-0.1, -0.05) is 0 Å². The molecule has 0 aliphatic carbocycles. The van der Waals surface area contributed by atoms with E-state index in [1.807, 2.05) is 44.8 Å². The van der Waals surface area contributed by atoms with Crippen LogP contribution < -0.4 is 5.32 Å². The van der Waals surface area contributed by atoms with Gasteiger partial charge in [0, 0.05) is 30.2 Å². The average molecular weight is 245 g/mol. The van der Waals surface area contributed by atoms with Crippen LogP contribution in [-0.2, 0) is 7.05 Å². The SMILES string of the molecule is Cc1cc(C)nc(NC(C)c2cn(C)nc2C)n1. The molecule has 0 aliphatic rings. The van der Waals surface area contributed by atoms with Gasteiger partial charge < -0.3 is 5.32 Å². The molecule has 2 heterocycles. The molecule has 0 amide bonds. The number of aromatic nitrogens is 4. The van der Waals surface area contributed by atoms with Crippen LogP contribution in [-0.4, -0.2) is 19.7 Å². The first-order valence-corrected chi connectivity index (χ1v) is 6.04. The molecule has 96 valence electrons. The van der Waals surface area contributed by atoms with Crippen molar-refractivity contribution < 1.29 is 0 Å². The van der Waals surface area contributed by atoms with E-state index in [9.17, 15) is 0 Å². The van der Waals surface area contributed by atoms with Crippen molar-refractivity contribution in [1.29, 1.82) is 0 Å². The summed E-state index contributed by atoms with van der Waals surface area (Å²) in [5, 5.41) is 7.66. The second-order valence-electron chi connectivity index (χ2n) is 4.68. The molecule has 5 heteroatoms. The van der Waals surface area contributed by atoms with Crippen molar-refractivity contribution >= 4 is 5.95 Å². The molecule has 0 aromatic carbocycles. The third-order valence-electron chi connectivity index (χ3n) is 2.85. The Morgan fingerprint density at radius 3 is 2.28 bits per heavy atom. The molecule has 0 spiro atoms. The molecular weight excluding hydrogens is 226 g/mol. The number of aryl methyl sites for hydroxylation is 4. The Morgan fingerprint density at radius 2 is 1.78 bits per heavy atom. The summed E-state index contributed by atoms with van der Waals surface area (Å²) in [5.41, 5.74) is 4.14. The molecule has 0 saturated carbocycles. The first-order chi connectivity index (χ1) is 8.45. The lowest BCUT2D eigenvalue weighted by molar-refractivity contribution is 0.756. The van der Waals surface area contributed by atoms with Crippen molar-refractivity contribution in [2.24, 2.45) is 7.05 Å². The predicted molar refractivity (Wildman–Crippen MR) is 71.5 cm³/mol. The number of hydrogen-bond acceptors (Lipinski definition) is 4. The maximum atomic E-state index is 4.39. The van der Waals surface area contributed by atoms with Crippen LogP contribution >= 0.6 is 0 Å². The van der Waals surface area contributed by atoms with Crippen LogP contribution in [0.4, 0.5) is 5.95 Å². The lowest BCUT2D eigenvalue weighted by Gasteiger charge is -2.13. The summed E-state index contributed by atoms with van der Waals surface area (Å²) in [6.45, 7) is 8.04. The second kappa shape index (κ2) is 4.76. The summed E-state index contributed by atoms with van der Waals surface area (Å²) < 4.78 is 1.82. The Morgan fingerprint density at radius 1 is 1.17 bits per heavy atom. The summed E-state index contributed by atoms with van der Waals surface area (Å²) >= 11 is 0. The fourth-order valence-corrected chi connectivity index (χ4v) is 2.10. The largest absolute Gasteiger partial charge is 0.348 e. The van der Waals surface area contributed by atoms with Crippen LogP contribution in [0.15, 0.2) is 12.3 Å². The zero-order chi connectivity index (χ0) is 13.3. The molecule has 2 aromatic heterocycles. The average Bonchev–Trinajstić information content (AvgIpc) is 2.56. The molecule has 0 fully saturated rings. The van der Waals surface area contributed by atoms with E-state index in [1.165, 1.54) is 5.56 Å². The maximum absolute atomic E-state index is 4.39. The van der Waals surface area contributed by atoms with Gasteiger partial charge in [-0.15, -0.1) is 0 Å². The van der Waals surface area contributed by atoms with Gasteiger partial charge in [0.2, 0.25) is 5.95 Å². The van der Waals surface area contributed by atoms with E-state index < -0.39 is 0 Å². The van der Waals surface area contributed by atoms with Crippen molar-refractivity contribution in [3.63, 3.8) is 0 Å². The molecule has 0 bridgehead atoms. The van der Waals surface area contributed by atoms with Crippen molar-refractivity contribution in [1.82, 2.24) is 19.7 Å². The summed E-state index contributed by atoms with van der Waals surface area (Å²) in [6.07, 6.45) is 2.02. The van der Waals surface area contributed by atoms with Gasteiger partial charge in [0.1, 0.15) is 0 Å².